The van der Waals surface area contributed by atoms with E-state index in [-0.39, 0.29) is 23.4 Å². The highest BCUT2D eigenvalue weighted by molar-refractivity contribution is 7.61. The number of phosphoric ester groups is 1. The summed E-state index contributed by atoms with van der Waals surface area (Å²) < 4.78 is 44.1. The predicted molar refractivity (Wildman–Crippen MR) is 115 cm³/mol. The molecule has 0 radical (unpaired) electrons. The molecule has 3 rings (SSSR count). The molecule has 0 spiro atoms. The van der Waals surface area contributed by atoms with E-state index in [2.05, 4.69) is 23.8 Å². The second-order valence-electron chi connectivity index (χ2n) is 7.58. The van der Waals surface area contributed by atoms with E-state index in [0.29, 0.717) is 0 Å². The van der Waals surface area contributed by atoms with Crippen molar-refractivity contribution in [2.45, 2.75) is 42.9 Å². The van der Waals surface area contributed by atoms with Crippen molar-refractivity contribution in [1.82, 2.24) is 19.5 Å². The number of anilines is 1. The monoisotopic (exact) mass is 575 g/mol. The van der Waals surface area contributed by atoms with E-state index >= 15 is 0 Å². The summed E-state index contributed by atoms with van der Waals surface area (Å²) in [6.07, 6.45) is -12.2. The van der Waals surface area contributed by atoms with Gasteiger partial charge < -0.3 is 50.6 Å². The third-order valence-electron chi connectivity index (χ3n) is 4.97. The number of ether oxygens (including phenoxy) is 1. The first kappa shape index (κ1) is 29.4. The van der Waals surface area contributed by atoms with Gasteiger partial charge in [-0.05, 0) is 0 Å². The zero-order chi connectivity index (χ0) is 27.7. The maximum Gasteiger partial charge on any atom is 0.484 e. The van der Waals surface area contributed by atoms with E-state index < -0.39 is 77.3 Å². The van der Waals surface area contributed by atoms with Crippen LogP contribution in [0.25, 0.3) is 11.2 Å². The van der Waals surface area contributed by atoms with Gasteiger partial charge in [0.2, 0.25) is 5.95 Å². The first-order valence-electron chi connectivity index (χ1n) is 10.1. The number of aromatic nitrogens is 4. The zero-order valence-electron chi connectivity index (χ0n) is 18.3. The molecule has 0 bridgehead atoms. The number of H-pyrrole nitrogens is 1. The lowest BCUT2D eigenvalue weighted by Gasteiger charge is -2.26. The van der Waals surface area contributed by atoms with Crippen LogP contribution in [0.2, 0.25) is 0 Å². The second kappa shape index (κ2) is 11.3. The van der Waals surface area contributed by atoms with Crippen molar-refractivity contribution in [2.24, 2.45) is 0 Å². The van der Waals surface area contributed by atoms with Gasteiger partial charge in [0.05, 0.1) is 19.5 Å². The molecule has 8 atom stereocenters. The molecule has 22 heteroatoms. The number of aliphatic hydroxyl groups is 5. The maximum absolute atomic E-state index is 12.9. The van der Waals surface area contributed by atoms with Crippen LogP contribution in [0.15, 0.2) is 11.1 Å². The van der Waals surface area contributed by atoms with Crippen molar-refractivity contribution in [3.05, 3.63) is 16.7 Å². The number of carbonyl (C=O) groups excluding carboxylic acids is 1. The number of aromatic amines is 1. The van der Waals surface area contributed by atoms with Gasteiger partial charge in [0.15, 0.2) is 29.8 Å². The quantitative estimate of drug-likeness (QED) is 0.0856. The summed E-state index contributed by atoms with van der Waals surface area (Å²) in [4.78, 5) is 51.3. The Morgan fingerprint density at radius 1 is 1.27 bits per heavy atom. The molecule has 1 fully saturated rings. The highest BCUT2D eigenvalue weighted by atomic mass is 31.3. The van der Waals surface area contributed by atoms with Crippen LogP contribution in [-0.4, -0.2) is 111 Å². The summed E-state index contributed by atoms with van der Waals surface area (Å²) in [6, 6.07) is 0. The highest BCUT2D eigenvalue weighted by Crippen LogP contribution is 2.62. The molecule has 37 heavy (non-hydrogen) atoms. The first-order chi connectivity index (χ1) is 17.2. The number of nitrogen functional groups attached to an aromatic ring is 1. The Hall–Kier alpha value is -2.16. The van der Waals surface area contributed by atoms with Gasteiger partial charge >= 0.3 is 15.6 Å². The van der Waals surface area contributed by atoms with Crippen LogP contribution in [0.4, 0.5) is 5.95 Å². The molecule has 1 unspecified atom stereocenters. The molecule has 3 heterocycles. The van der Waals surface area contributed by atoms with E-state index in [4.69, 9.17) is 29.9 Å². The van der Waals surface area contributed by atoms with Crippen molar-refractivity contribution in [3.8, 4) is 0 Å². The Labute approximate surface area is 205 Å². The van der Waals surface area contributed by atoms with Crippen molar-refractivity contribution in [3.63, 3.8) is 0 Å². The molecule has 1 aliphatic rings. The molecule has 208 valence electrons. The number of fused-ring (bicyclic) bond motifs is 1. The standard InChI is InChI=1S/C15H23N5O15P2/c16-15-18-12-8(13(27)19-15)17-4-20(12)14-11(26)10(25)7(33-14)3-32-37(31,35-36(28,29)30)34-6(2-22)9(24)5(23)1-21/h2,4-7,9-11,14,21,23-26H,1,3H2,(H2,28,29,30)(H3,16,18,19,27)/t5-,6+,7-,9-,10-,11-,14-,37?/m1/s1. The second-order valence-corrected chi connectivity index (χ2v) is 10.6. The van der Waals surface area contributed by atoms with E-state index in [1.165, 1.54) is 0 Å². The molecule has 10 N–H and O–H groups in total. The number of rotatable bonds is 12. The van der Waals surface area contributed by atoms with Crippen LogP contribution in [0, 0.1) is 0 Å². The lowest BCUT2D eigenvalue weighted by atomic mass is 10.1. The number of hydrogen-bond acceptors (Lipinski definition) is 16. The summed E-state index contributed by atoms with van der Waals surface area (Å²) in [5, 5.41) is 49.0. The van der Waals surface area contributed by atoms with E-state index in [1.54, 1.807) is 0 Å². The van der Waals surface area contributed by atoms with Gasteiger partial charge in [-0.15, -0.1) is 0 Å². The van der Waals surface area contributed by atoms with Crippen molar-refractivity contribution in [2.75, 3.05) is 18.9 Å². The number of nitrogens with zero attached hydrogens (tertiary/aromatic N) is 3. The van der Waals surface area contributed by atoms with Crippen LogP contribution < -0.4 is 11.3 Å². The SMILES string of the molecule is Nc1nc2c(ncn2[C@@H]2O[C@H](COP(=O)(O[C@@H](C=O)[C@H](O)[C@H](O)CO)OP(=O)(O)O)[C@@H](O)[C@H]2O)c(=O)[nH]1. The first-order valence-corrected chi connectivity index (χ1v) is 13.0. The van der Waals surface area contributed by atoms with Crippen LogP contribution in [0.3, 0.4) is 0 Å². The number of aliphatic hydroxyl groups excluding tert-OH is 5. The maximum atomic E-state index is 12.9. The van der Waals surface area contributed by atoms with Crippen LogP contribution >= 0.6 is 15.6 Å². The molecule has 2 aromatic rings. The molecular formula is C15H23N5O15P2. The molecule has 20 nitrogen and oxygen atoms in total. The minimum atomic E-state index is -5.63. The van der Waals surface area contributed by atoms with Gasteiger partial charge in [-0.1, -0.05) is 0 Å². The van der Waals surface area contributed by atoms with Crippen LogP contribution in [0.1, 0.15) is 6.23 Å². The predicted octanol–water partition coefficient (Wildman–Crippen LogP) is -4.15. The Balaban J connectivity index is 1.81. The summed E-state index contributed by atoms with van der Waals surface area (Å²) in [5.41, 5.74) is 4.48. The average molecular weight is 575 g/mol. The highest BCUT2D eigenvalue weighted by Gasteiger charge is 2.47. The van der Waals surface area contributed by atoms with Gasteiger partial charge in [-0.2, -0.15) is 9.29 Å². The number of imidazole rings is 1. The smallest absolute Gasteiger partial charge is 0.394 e. The fourth-order valence-electron chi connectivity index (χ4n) is 3.24. The minimum absolute atomic E-state index is 0.136. The third-order valence-corrected chi connectivity index (χ3v) is 7.59. The fraction of sp³-hybridized carbons (Fsp3) is 0.600. The number of aldehydes is 1. The van der Waals surface area contributed by atoms with Crippen LogP contribution in [0.5, 0.6) is 0 Å². The number of nitrogens with two attached hydrogens (primary N) is 1. The van der Waals surface area contributed by atoms with Crippen molar-refractivity contribution < 1.29 is 67.3 Å². The third kappa shape index (κ3) is 6.65. The fourth-order valence-corrected chi connectivity index (χ4v) is 5.49. The van der Waals surface area contributed by atoms with Gasteiger partial charge in [-0.3, -0.25) is 23.4 Å². The Bertz CT molecular complexity index is 1260. The van der Waals surface area contributed by atoms with Crippen molar-refractivity contribution >= 4 is 39.0 Å². The summed E-state index contributed by atoms with van der Waals surface area (Å²) in [6.45, 7) is -2.12. The molecule has 1 aliphatic heterocycles. The largest absolute Gasteiger partial charge is 0.484 e. The van der Waals surface area contributed by atoms with Gasteiger partial charge in [0, 0.05) is 0 Å². The van der Waals surface area contributed by atoms with E-state index in [1.807, 2.05) is 0 Å². The molecular weight excluding hydrogens is 552 g/mol. The molecule has 0 amide bonds. The number of carbonyl (C=O) groups is 1. The molecule has 1 saturated heterocycles. The minimum Gasteiger partial charge on any atom is -0.394 e. The summed E-state index contributed by atoms with van der Waals surface area (Å²) in [7, 11) is -11.1. The van der Waals surface area contributed by atoms with E-state index in [9.17, 15) is 39.1 Å². The Morgan fingerprint density at radius 2 is 1.95 bits per heavy atom. The molecule has 0 aromatic carbocycles. The molecule has 2 aromatic heterocycles. The summed E-state index contributed by atoms with van der Waals surface area (Å²) >= 11 is 0. The van der Waals surface area contributed by atoms with Gasteiger partial charge in [-0.25, -0.2) is 14.1 Å². The molecule has 0 aliphatic carbocycles. The lowest BCUT2D eigenvalue weighted by molar-refractivity contribution is -0.127. The van der Waals surface area contributed by atoms with E-state index in [0.717, 1.165) is 10.9 Å². The summed E-state index contributed by atoms with van der Waals surface area (Å²) in [5.74, 6) is -0.293. The van der Waals surface area contributed by atoms with Crippen LogP contribution in [-0.2, 0) is 32.0 Å². The average Bonchev–Trinajstić information content (AvgIpc) is 3.35. The normalized spacial score (nSPS) is 26.6. The number of nitrogens with one attached hydrogen (secondary N) is 1. The topological polar surface area (TPSA) is 319 Å². The molecule has 0 saturated carbocycles. The Morgan fingerprint density at radius 3 is 2.54 bits per heavy atom. The van der Waals surface area contributed by atoms with Gasteiger partial charge in [0.25, 0.3) is 5.56 Å². The van der Waals surface area contributed by atoms with Crippen molar-refractivity contribution in [1.29, 1.82) is 0 Å². The zero-order valence-corrected chi connectivity index (χ0v) is 20.1. The Kier molecular flexibility index (Phi) is 8.97. The van der Waals surface area contributed by atoms with Gasteiger partial charge in [0.1, 0.15) is 30.5 Å². The number of phosphoric acid groups is 2. The lowest BCUT2D eigenvalue weighted by Crippen LogP contribution is -2.41. The number of hydrogen-bond donors (Lipinski definition) is 9.